The van der Waals surface area contributed by atoms with Crippen molar-refractivity contribution in [1.29, 1.82) is 0 Å². The zero-order chi connectivity index (χ0) is 20.1. The molecule has 3 rings (SSSR count). The second-order valence-corrected chi connectivity index (χ2v) is 6.29. The molecule has 7 nitrogen and oxygen atoms in total. The molecule has 0 fully saturated rings. The van der Waals surface area contributed by atoms with E-state index in [4.69, 9.17) is 9.47 Å². The van der Waals surface area contributed by atoms with Crippen molar-refractivity contribution in [1.82, 2.24) is 14.5 Å². The molecule has 1 aromatic heterocycles. The molecule has 3 aromatic rings. The number of benzene rings is 2. The Hall–Kier alpha value is -3.35. The Morgan fingerprint density at radius 1 is 1.11 bits per heavy atom. The fourth-order valence-electron chi connectivity index (χ4n) is 3.04. The number of likely N-dealkylation sites (N-methyl/N-ethyl adjacent to an activating group) is 1. The third-order valence-corrected chi connectivity index (χ3v) is 4.59. The highest BCUT2D eigenvalue weighted by molar-refractivity contribution is 5.79. The van der Waals surface area contributed by atoms with Crippen LogP contribution >= 0.6 is 0 Å². The van der Waals surface area contributed by atoms with E-state index in [1.165, 1.54) is 10.9 Å². The van der Waals surface area contributed by atoms with Crippen molar-refractivity contribution in [2.45, 2.75) is 20.0 Å². The molecule has 146 valence electrons. The average Bonchev–Trinajstić information content (AvgIpc) is 2.73. The molecule has 0 saturated heterocycles. The van der Waals surface area contributed by atoms with E-state index in [0.717, 1.165) is 5.56 Å². The van der Waals surface area contributed by atoms with Gasteiger partial charge in [-0.05, 0) is 36.8 Å². The lowest BCUT2D eigenvalue weighted by molar-refractivity contribution is -0.132. The molecule has 0 atom stereocenters. The van der Waals surface area contributed by atoms with Gasteiger partial charge >= 0.3 is 0 Å². The van der Waals surface area contributed by atoms with E-state index in [9.17, 15) is 9.59 Å². The Morgan fingerprint density at radius 2 is 1.86 bits per heavy atom. The van der Waals surface area contributed by atoms with Crippen LogP contribution in [0.25, 0.3) is 10.9 Å². The van der Waals surface area contributed by atoms with Crippen molar-refractivity contribution in [3.8, 4) is 11.5 Å². The summed E-state index contributed by atoms with van der Waals surface area (Å²) in [6, 6.07) is 12.6. The van der Waals surface area contributed by atoms with Crippen molar-refractivity contribution in [2.24, 2.45) is 0 Å². The summed E-state index contributed by atoms with van der Waals surface area (Å²) in [6.07, 6.45) is 1.42. The summed E-state index contributed by atoms with van der Waals surface area (Å²) in [5.41, 5.74) is 1.31. The van der Waals surface area contributed by atoms with Gasteiger partial charge in [-0.2, -0.15) is 0 Å². The number of carbonyl (C=O) groups is 1. The van der Waals surface area contributed by atoms with E-state index >= 15 is 0 Å². The first kappa shape index (κ1) is 19.4. The van der Waals surface area contributed by atoms with Gasteiger partial charge in [-0.15, -0.1) is 0 Å². The van der Waals surface area contributed by atoms with Gasteiger partial charge in [0, 0.05) is 13.1 Å². The standard InChI is InChI=1S/C21H23N3O4/c1-4-23(12-15-9-10-18(27-2)19(11-15)28-3)20(25)13-24-14-22-17-8-6-5-7-16(17)21(24)26/h5-11,14H,4,12-13H2,1-3H3. The highest BCUT2D eigenvalue weighted by Crippen LogP contribution is 2.28. The minimum absolute atomic E-state index is 0.0577. The molecule has 1 heterocycles. The summed E-state index contributed by atoms with van der Waals surface area (Å²) in [6.45, 7) is 2.77. The number of rotatable bonds is 7. The van der Waals surface area contributed by atoms with Gasteiger partial charge < -0.3 is 14.4 Å². The van der Waals surface area contributed by atoms with Crippen molar-refractivity contribution in [2.75, 3.05) is 20.8 Å². The molecule has 0 aliphatic rings. The molecule has 2 aromatic carbocycles. The van der Waals surface area contributed by atoms with Gasteiger partial charge in [0.1, 0.15) is 6.54 Å². The minimum Gasteiger partial charge on any atom is -0.493 e. The Labute approximate surface area is 163 Å². The summed E-state index contributed by atoms with van der Waals surface area (Å²) in [4.78, 5) is 31.4. The number of nitrogens with zero attached hydrogens (tertiary/aromatic N) is 3. The summed E-state index contributed by atoms with van der Waals surface area (Å²) in [7, 11) is 3.15. The summed E-state index contributed by atoms with van der Waals surface area (Å²) in [5, 5.41) is 0.501. The van der Waals surface area contributed by atoms with Crippen LogP contribution in [0.2, 0.25) is 0 Å². The normalized spacial score (nSPS) is 10.7. The Kier molecular flexibility index (Phi) is 5.93. The number of hydrogen-bond acceptors (Lipinski definition) is 5. The molecular weight excluding hydrogens is 358 g/mol. The second kappa shape index (κ2) is 8.56. The lowest BCUT2D eigenvalue weighted by Gasteiger charge is -2.22. The topological polar surface area (TPSA) is 73.7 Å². The van der Waals surface area contributed by atoms with Crippen LogP contribution in [-0.4, -0.2) is 41.1 Å². The van der Waals surface area contributed by atoms with E-state index in [0.29, 0.717) is 35.5 Å². The molecule has 0 N–H and O–H groups in total. The average molecular weight is 381 g/mol. The van der Waals surface area contributed by atoms with Crippen molar-refractivity contribution >= 4 is 16.8 Å². The van der Waals surface area contributed by atoms with Gasteiger partial charge in [-0.3, -0.25) is 14.2 Å². The number of hydrogen-bond donors (Lipinski definition) is 0. The molecule has 0 saturated carbocycles. The van der Waals surface area contributed by atoms with Gasteiger partial charge in [0.2, 0.25) is 5.91 Å². The Bertz CT molecular complexity index is 1050. The molecule has 7 heteroatoms. The second-order valence-electron chi connectivity index (χ2n) is 6.29. The van der Waals surface area contributed by atoms with Gasteiger partial charge in [-0.1, -0.05) is 18.2 Å². The summed E-state index contributed by atoms with van der Waals surface area (Å²) in [5.74, 6) is 1.09. The van der Waals surface area contributed by atoms with Gasteiger partial charge in [-0.25, -0.2) is 4.98 Å². The van der Waals surface area contributed by atoms with Crippen LogP contribution in [0.15, 0.2) is 53.6 Å². The number of amides is 1. The first-order valence-electron chi connectivity index (χ1n) is 9.00. The third kappa shape index (κ3) is 3.98. The van der Waals surface area contributed by atoms with Gasteiger partial charge in [0.05, 0.1) is 31.4 Å². The van der Waals surface area contributed by atoms with Gasteiger partial charge in [0.25, 0.3) is 5.56 Å². The maximum atomic E-state index is 12.8. The van der Waals surface area contributed by atoms with Crippen LogP contribution < -0.4 is 15.0 Å². The molecule has 0 aliphatic heterocycles. The number of fused-ring (bicyclic) bond motifs is 1. The van der Waals surface area contributed by atoms with Crippen LogP contribution in [0.4, 0.5) is 0 Å². The van der Waals surface area contributed by atoms with Crippen LogP contribution in [0.5, 0.6) is 11.5 Å². The SMILES string of the molecule is CCN(Cc1ccc(OC)c(OC)c1)C(=O)Cn1cnc2ccccc2c1=O. The zero-order valence-electron chi connectivity index (χ0n) is 16.2. The predicted molar refractivity (Wildman–Crippen MR) is 107 cm³/mol. The van der Waals surface area contributed by atoms with Crippen LogP contribution in [0.1, 0.15) is 12.5 Å². The highest BCUT2D eigenvalue weighted by atomic mass is 16.5. The highest BCUT2D eigenvalue weighted by Gasteiger charge is 2.16. The number of carbonyl (C=O) groups excluding carboxylic acids is 1. The Morgan fingerprint density at radius 3 is 2.57 bits per heavy atom. The fraction of sp³-hybridized carbons (Fsp3) is 0.286. The number of aromatic nitrogens is 2. The molecule has 1 amide bonds. The smallest absolute Gasteiger partial charge is 0.261 e. The first-order valence-corrected chi connectivity index (χ1v) is 9.00. The van der Waals surface area contributed by atoms with E-state index in [-0.39, 0.29) is 18.0 Å². The molecular formula is C21H23N3O4. The lowest BCUT2D eigenvalue weighted by Crippen LogP contribution is -2.36. The molecule has 28 heavy (non-hydrogen) atoms. The van der Waals surface area contributed by atoms with Crippen LogP contribution in [0, 0.1) is 0 Å². The Balaban J connectivity index is 1.79. The fourth-order valence-corrected chi connectivity index (χ4v) is 3.04. The quantitative estimate of drug-likeness (QED) is 0.629. The maximum absolute atomic E-state index is 12.8. The lowest BCUT2D eigenvalue weighted by atomic mass is 10.2. The van der Waals surface area contributed by atoms with E-state index in [2.05, 4.69) is 4.98 Å². The largest absolute Gasteiger partial charge is 0.493 e. The summed E-state index contributed by atoms with van der Waals surface area (Å²) < 4.78 is 11.9. The number of para-hydroxylation sites is 1. The maximum Gasteiger partial charge on any atom is 0.261 e. The van der Waals surface area contributed by atoms with Crippen molar-refractivity contribution in [3.05, 3.63) is 64.7 Å². The van der Waals surface area contributed by atoms with E-state index in [1.54, 1.807) is 37.3 Å². The predicted octanol–water partition coefficient (Wildman–Crippen LogP) is 2.46. The molecule has 0 unspecified atom stereocenters. The van der Waals surface area contributed by atoms with Gasteiger partial charge in [0.15, 0.2) is 11.5 Å². The summed E-state index contributed by atoms with van der Waals surface area (Å²) >= 11 is 0. The third-order valence-electron chi connectivity index (χ3n) is 4.59. The van der Waals surface area contributed by atoms with E-state index in [1.807, 2.05) is 31.2 Å². The van der Waals surface area contributed by atoms with E-state index < -0.39 is 0 Å². The molecule has 0 spiro atoms. The number of ether oxygens (including phenoxy) is 2. The minimum atomic E-state index is -0.221. The van der Waals surface area contributed by atoms with Crippen molar-refractivity contribution < 1.29 is 14.3 Å². The van der Waals surface area contributed by atoms with Crippen molar-refractivity contribution in [3.63, 3.8) is 0 Å². The van der Waals surface area contributed by atoms with Crippen LogP contribution in [0.3, 0.4) is 0 Å². The molecule has 0 aliphatic carbocycles. The monoisotopic (exact) mass is 381 g/mol. The molecule has 0 radical (unpaired) electrons. The van der Waals surface area contributed by atoms with Crippen LogP contribution in [-0.2, 0) is 17.9 Å². The first-order chi connectivity index (χ1) is 13.6. The number of methoxy groups -OCH3 is 2. The molecule has 0 bridgehead atoms. The zero-order valence-corrected chi connectivity index (χ0v) is 16.2.